The van der Waals surface area contributed by atoms with Gasteiger partial charge >= 0.3 is 0 Å². The monoisotopic (exact) mass is 232 g/mol. The second kappa shape index (κ2) is 5.21. The van der Waals surface area contributed by atoms with Crippen molar-refractivity contribution in [3.8, 4) is 0 Å². The zero-order valence-corrected chi connectivity index (χ0v) is 10.5. The fourth-order valence-electron chi connectivity index (χ4n) is 1.50. The Morgan fingerprint density at radius 3 is 2.94 bits per heavy atom. The van der Waals surface area contributed by atoms with Crippen molar-refractivity contribution < 1.29 is 0 Å². The lowest BCUT2D eigenvalue weighted by Gasteiger charge is -2.02. The van der Waals surface area contributed by atoms with Gasteiger partial charge < -0.3 is 0 Å². The van der Waals surface area contributed by atoms with E-state index in [-0.39, 0.29) is 0 Å². The molecule has 0 bridgehead atoms. The molecule has 0 aliphatic rings. The lowest BCUT2D eigenvalue weighted by atomic mass is 10.1. The van der Waals surface area contributed by atoms with Crippen molar-refractivity contribution in [3.63, 3.8) is 0 Å². The summed E-state index contributed by atoms with van der Waals surface area (Å²) < 4.78 is 0. The number of thiazole rings is 1. The van der Waals surface area contributed by atoms with Gasteiger partial charge in [0.15, 0.2) is 0 Å². The fourth-order valence-corrected chi connectivity index (χ4v) is 2.43. The second-order valence-electron chi connectivity index (χ2n) is 3.97. The van der Waals surface area contributed by atoms with Gasteiger partial charge in [0.2, 0.25) is 0 Å². The van der Waals surface area contributed by atoms with Crippen molar-refractivity contribution in [3.05, 3.63) is 46.2 Å². The minimum Gasteiger partial charge on any atom is -0.261 e. The predicted octanol–water partition coefficient (Wildman–Crippen LogP) is 3.64. The maximum atomic E-state index is 4.65. The van der Waals surface area contributed by atoms with Gasteiger partial charge in [-0.2, -0.15) is 0 Å². The van der Waals surface area contributed by atoms with Crippen LogP contribution >= 0.6 is 11.3 Å². The molecular weight excluding hydrogens is 216 g/mol. The van der Waals surface area contributed by atoms with E-state index in [1.54, 1.807) is 11.3 Å². The zero-order chi connectivity index (χ0) is 11.4. The van der Waals surface area contributed by atoms with E-state index >= 15 is 0 Å². The summed E-state index contributed by atoms with van der Waals surface area (Å²) in [5.74, 6) is 0.564. The topological polar surface area (TPSA) is 25.8 Å². The lowest BCUT2D eigenvalue weighted by molar-refractivity contribution is 0.710. The molecule has 2 aromatic heterocycles. The molecular formula is C13H16N2S. The Bertz CT molecular complexity index is 436. The summed E-state index contributed by atoms with van der Waals surface area (Å²) in [6, 6.07) is 6.01. The molecule has 0 amide bonds. The van der Waals surface area contributed by atoms with E-state index in [9.17, 15) is 0 Å². The molecule has 0 fully saturated rings. The molecule has 1 atom stereocenters. The van der Waals surface area contributed by atoms with Crippen molar-refractivity contribution in [2.75, 3.05) is 0 Å². The van der Waals surface area contributed by atoms with Gasteiger partial charge in [-0.05, 0) is 24.5 Å². The van der Waals surface area contributed by atoms with Crippen LogP contribution in [-0.4, -0.2) is 9.97 Å². The van der Waals surface area contributed by atoms with Crippen molar-refractivity contribution in [2.24, 2.45) is 0 Å². The Kier molecular flexibility index (Phi) is 3.67. The zero-order valence-electron chi connectivity index (χ0n) is 9.68. The van der Waals surface area contributed by atoms with E-state index in [1.165, 1.54) is 5.69 Å². The number of pyridine rings is 1. The van der Waals surface area contributed by atoms with Crippen molar-refractivity contribution in [1.29, 1.82) is 0 Å². The third-order valence-corrected chi connectivity index (χ3v) is 3.61. The highest BCUT2D eigenvalue weighted by Crippen LogP contribution is 2.22. The van der Waals surface area contributed by atoms with Crippen LogP contribution in [0.4, 0.5) is 0 Å². The van der Waals surface area contributed by atoms with Gasteiger partial charge in [-0.15, -0.1) is 11.3 Å². The van der Waals surface area contributed by atoms with Gasteiger partial charge in [-0.25, -0.2) is 4.98 Å². The van der Waals surface area contributed by atoms with Crippen LogP contribution in [0.25, 0.3) is 0 Å². The standard InChI is InChI=1S/C13H16N2S/c1-3-10(2)12-9-16-13(15-12)8-11-6-4-5-7-14-11/h4-7,9-10H,3,8H2,1-2H3. The molecule has 0 saturated heterocycles. The summed E-state index contributed by atoms with van der Waals surface area (Å²) >= 11 is 1.74. The van der Waals surface area contributed by atoms with E-state index in [0.29, 0.717) is 5.92 Å². The minimum absolute atomic E-state index is 0.564. The molecule has 0 N–H and O–H groups in total. The van der Waals surface area contributed by atoms with Gasteiger partial charge in [0.1, 0.15) is 0 Å². The highest BCUT2D eigenvalue weighted by molar-refractivity contribution is 7.09. The van der Waals surface area contributed by atoms with E-state index < -0.39 is 0 Å². The molecule has 2 rings (SSSR count). The molecule has 0 saturated carbocycles. The first-order chi connectivity index (χ1) is 7.79. The Hall–Kier alpha value is -1.22. The number of rotatable bonds is 4. The summed E-state index contributed by atoms with van der Waals surface area (Å²) in [5.41, 5.74) is 2.31. The predicted molar refractivity (Wildman–Crippen MR) is 67.9 cm³/mol. The smallest absolute Gasteiger partial charge is 0.0988 e. The lowest BCUT2D eigenvalue weighted by Crippen LogP contribution is -1.94. The third-order valence-electron chi connectivity index (χ3n) is 2.75. The van der Waals surface area contributed by atoms with Crippen LogP contribution in [0, 0.1) is 0 Å². The van der Waals surface area contributed by atoms with Crippen LogP contribution in [0.3, 0.4) is 0 Å². The summed E-state index contributed by atoms with van der Waals surface area (Å²) in [4.78, 5) is 8.97. The minimum atomic E-state index is 0.564. The Labute approximate surface area is 100 Å². The number of aromatic nitrogens is 2. The normalized spacial score (nSPS) is 12.6. The van der Waals surface area contributed by atoms with E-state index in [1.807, 2.05) is 24.4 Å². The van der Waals surface area contributed by atoms with Crippen LogP contribution < -0.4 is 0 Å². The third kappa shape index (κ3) is 2.67. The van der Waals surface area contributed by atoms with Gasteiger partial charge in [-0.3, -0.25) is 4.98 Å². The highest BCUT2D eigenvalue weighted by Gasteiger charge is 2.08. The average molecular weight is 232 g/mol. The molecule has 2 heterocycles. The summed E-state index contributed by atoms with van der Waals surface area (Å²) in [7, 11) is 0. The van der Waals surface area contributed by atoms with Crippen LogP contribution in [-0.2, 0) is 6.42 Å². The summed E-state index contributed by atoms with van der Waals surface area (Å²) in [5, 5.41) is 3.33. The van der Waals surface area contributed by atoms with Gasteiger partial charge in [0.25, 0.3) is 0 Å². The molecule has 0 aliphatic heterocycles. The van der Waals surface area contributed by atoms with Gasteiger partial charge in [-0.1, -0.05) is 19.9 Å². The molecule has 2 aromatic rings. The Balaban J connectivity index is 2.09. The van der Waals surface area contributed by atoms with Crippen molar-refractivity contribution in [2.45, 2.75) is 32.6 Å². The first kappa shape index (κ1) is 11.3. The van der Waals surface area contributed by atoms with Gasteiger partial charge in [0, 0.05) is 23.7 Å². The Morgan fingerprint density at radius 2 is 2.25 bits per heavy atom. The van der Waals surface area contributed by atoms with E-state index in [0.717, 1.165) is 23.5 Å². The first-order valence-corrected chi connectivity index (χ1v) is 6.51. The molecule has 0 aromatic carbocycles. The number of nitrogens with zero attached hydrogens (tertiary/aromatic N) is 2. The quantitative estimate of drug-likeness (QED) is 0.804. The molecule has 1 unspecified atom stereocenters. The first-order valence-electron chi connectivity index (χ1n) is 5.63. The van der Waals surface area contributed by atoms with E-state index in [4.69, 9.17) is 0 Å². The Morgan fingerprint density at radius 1 is 1.38 bits per heavy atom. The number of hydrogen-bond donors (Lipinski definition) is 0. The van der Waals surface area contributed by atoms with E-state index in [2.05, 4.69) is 29.2 Å². The van der Waals surface area contributed by atoms with Crippen LogP contribution in [0.5, 0.6) is 0 Å². The fraction of sp³-hybridized carbons (Fsp3) is 0.385. The molecule has 3 heteroatoms. The largest absolute Gasteiger partial charge is 0.261 e. The molecule has 16 heavy (non-hydrogen) atoms. The van der Waals surface area contributed by atoms with Gasteiger partial charge in [0.05, 0.1) is 10.7 Å². The second-order valence-corrected chi connectivity index (χ2v) is 4.92. The molecule has 0 radical (unpaired) electrons. The molecule has 2 nitrogen and oxygen atoms in total. The molecule has 0 aliphatic carbocycles. The van der Waals surface area contributed by atoms with Crippen molar-refractivity contribution >= 4 is 11.3 Å². The SMILES string of the molecule is CCC(C)c1csc(Cc2ccccn2)n1. The maximum absolute atomic E-state index is 4.65. The highest BCUT2D eigenvalue weighted by atomic mass is 32.1. The molecule has 84 valence electrons. The number of hydrogen-bond acceptors (Lipinski definition) is 3. The maximum Gasteiger partial charge on any atom is 0.0988 e. The van der Waals surface area contributed by atoms with Crippen LogP contribution in [0.2, 0.25) is 0 Å². The summed E-state index contributed by atoms with van der Waals surface area (Å²) in [6.45, 7) is 4.42. The van der Waals surface area contributed by atoms with Crippen LogP contribution in [0.1, 0.15) is 42.6 Å². The average Bonchev–Trinajstić information content (AvgIpc) is 2.78. The summed E-state index contributed by atoms with van der Waals surface area (Å²) in [6.07, 6.45) is 3.83. The molecule has 0 spiro atoms. The van der Waals surface area contributed by atoms with Crippen LogP contribution in [0.15, 0.2) is 29.8 Å². The van der Waals surface area contributed by atoms with Crippen molar-refractivity contribution in [1.82, 2.24) is 9.97 Å².